The van der Waals surface area contributed by atoms with Crippen LogP contribution in [-0.2, 0) is 16.0 Å². The number of likely N-dealkylation sites (tertiary alicyclic amines) is 1. The second kappa shape index (κ2) is 11.5. The molecule has 0 radical (unpaired) electrons. The van der Waals surface area contributed by atoms with E-state index in [1.54, 1.807) is 29.6 Å². The van der Waals surface area contributed by atoms with Crippen LogP contribution in [0, 0.1) is 0 Å². The summed E-state index contributed by atoms with van der Waals surface area (Å²) < 4.78 is 0. The van der Waals surface area contributed by atoms with Crippen molar-refractivity contribution in [1.29, 1.82) is 0 Å². The Balaban J connectivity index is 1.20. The molecule has 3 heterocycles. The second-order valence-corrected chi connectivity index (χ2v) is 10.5. The van der Waals surface area contributed by atoms with Gasteiger partial charge in [-0.15, -0.1) is 11.3 Å². The maximum Gasteiger partial charge on any atom is 0.257 e. The number of nitrogens with zero attached hydrogens (tertiary/aromatic N) is 5. The number of hydrogen-bond donors (Lipinski definition) is 1. The molecule has 0 bridgehead atoms. The number of rotatable bonds is 7. The van der Waals surface area contributed by atoms with Gasteiger partial charge in [-0.2, -0.15) is 0 Å². The lowest BCUT2D eigenvalue weighted by Crippen LogP contribution is -2.51. The maximum atomic E-state index is 12.8. The quantitative estimate of drug-likeness (QED) is 0.602. The van der Waals surface area contributed by atoms with E-state index >= 15 is 0 Å². The van der Waals surface area contributed by atoms with Crippen LogP contribution in [-0.4, -0.2) is 108 Å². The first kappa shape index (κ1) is 25.6. The number of carbonyl (C=O) groups is 3. The lowest BCUT2D eigenvalue weighted by atomic mass is 10.2. The van der Waals surface area contributed by atoms with Gasteiger partial charge < -0.3 is 14.7 Å². The Kier molecular flexibility index (Phi) is 8.38. The van der Waals surface area contributed by atoms with Crippen molar-refractivity contribution in [1.82, 2.24) is 24.6 Å². The van der Waals surface area contributed by atoms with Crippen molar-refractivity contribution in [2.45, 2.75) is 18.9 Å². The van der Waals surface area contributed by atoms with E-state index in [1.807, 2.05) is 9.80 Å². The van der Waals surface area contributed by atoms with Crippen molar-refractivity contribution in [2.24, 2.45) is 0 Å². The molecule has 0 aliphatic carbocycles. The Morgan fingerprint density at radius 2 is 1.77 bits per heavy atom. The molecule has 2 saturated heterocycles. The average molecular weight is 519 g/mol. The van der Waals surface area contributed by atoms with Gasteiger partial charge in [0.2, 0.25) is 11.8 Å². The van der Waals surface area contributed by atoms with E-state index in [1.165, 1.54) is 11.3 Å². The van der Waals surface area contributed by atoms with E-state index in [0.717, 1.165) is 19.5 Å². The van der Waals surface area contributed by atoms with Gasteiger partial charge in [0.1, 0.15) is 0 Å². The largest absolute Gasteiger partial charge is 0.340 e. The first-order valence-electron chi connectivity index (χ1n) is 11.7. The summed E-state index contributed by atoms with van der Waals surface area (Å²) in [6.07, 6.45) is 1.20. The number of halogens is 1. The monoisotopic (exact) mass is 518 g/mol. The zero-order valence-electron chi connectivity index (χ0n) is 20.1. The number of carbonyl (C=O) groups excluding carboxylic acids is 3. The summed E-state index contributed by atoms with van der Waals surface area (Å²) in [5, 5.41) is 5.57. The van der Waals surface area contributed by atoms with Crippen molar-refractivity contribution >= 4 is 45.8 Å². The maximum absolute atomic E-state index is 12.8. The SMILES string of the molecule is CN(C)C1CCN(C(=O)CN2CCN(C(=O)Cc3csc(NC(=O)c4ccc(Cl)cc4)n3)CC2)C1. The Morgan fingerprint density at radius 1 is 1.06 bits per heavy atom. The normalized spacial score (nSPS) is 18.8. The third-order valence-corrected chi connectivity index (χ3v) is 7.60. The van der Waals surface area contributed by atoms with Gasteiger partial charge in [0, 0.05) is 61.3 Å². The van der Waals surface area contributed by atoms with Crippen molar-refractivity contribution in [2.75, 3.05) is 65.2 Å². The minimum Gasteiger partial charge on any atom is -0.340 e. The van der Waals surface area contributed by atoms with Crippen molar-refractivity contribution in [3.8, 4) is 0 Å². The molecule has 2 fully saturated rings. The number of hydrogen-bond acceptors (Lipinski definition) is 7. The van der Waals surface area contributed by atoms with Crippen LogP contribution in [0.5, 0.6) is 0 Å². The molecule has 1 aromatic carbocycles. The Bertz CT molecular complexity index is 1050. The first-order valence-corrected chi connectivity index (χ1v) is 13.0. The van der Waals surface area contributed by atoms with Crippen LogP contribution in [0.1, 0.15) is 22.5 Å². The summed E-state index contributed by atoms with van der Waals surface area (Å²) in [6, 6.07) is 7.05. The summed E-state index contributed by atoms with van der Waals surface area (Å²) in [5.74, 6) is -0.0965. The van der Waals surface area contributed by atoms with Gasteiger partial charge in [-0.3, -0.25) is 24.6 Å². The van der Waals surface area contributed by atoms with Gasteiger partial charge in [-0.25, -0.2) is 4.98 Å². The van der Waals surface area contributed by atoms with Crippen LogP contribution in [0.3, 0.4) is 0 Å². The van der Waals surface area contributed by atoms with Crippen LogP contribution in [0.4, 0.5) is 5.13 Å². The molecule has 2 aromatic rings. The van der Waals surface area contributed by atoms with Crippen molar-refractivity contribution < 1.29 is 14.4 Å². The number of benzene rings is 1. The van der Waals surface area contributed by atoms with E-state index in [-0.39, 0.29) is 24.1 Å². The van der Waals surface area contributed by atoms with Crippen LogP contribution < -0.4 is 5.32 Å². The molecule has 1 aromatic heterocycles. The predicted molar refractivity (Wildman–Crippen MR) is 137 cm³/mol. The fraction of sp³-hybridized carbons (Fsp3) is 0.500. The standard InChI is InChI=1S/C24H31ClN6O3S/c1-28(2)20-7-8-31(14-20)22(33)15-29-9-11-30(12-10-29)21(32)13-19-16-35-24(26-19)27-23(34)17-3-5-18(25)6-4-17/h3-6,16,20H,7-15H2,1-2H3,(H,26,27,34). The third kappa shape index (κ3) is 6.78. The highest BCUT2D eigenvalue weighted by molar-refractivity contribution is 7.14. The Hall–Kier alpha value is -2.53. The molecule has 188 valence electrons. The van der Waals surface area contributed by atoms with Gasteiger partial charge in [0.15, 0.2) is 5.13 Å². The van der Waals surface area contributed by atoms with Gasteiger partial charge in [0.05, 0.1) is 18.7 Å². The van der Waals surface area contributed by atoms with Gasteiger partial charge >= 0.3 is 0 Å². The molecule has 2 aliphatic rings. The van der Waals surface area contributed by atoms with E-state index in [0.29, 0.717) is 60.2 Å². The average Bonchev–Trinajstić information content (AvgIpc) is 3.50. The van der Waals surface area contributed by atoms with Crippen LogP contribution in [0.15, 0.2) is 29.6 Å². The molecule has 9 nitrogen and oxygen atoms in total. The number of anilines is 1. The lowest BCUT2D eigenvalue weighted by Gasteiger charge is -2.35. The summed E-state index contributed by atoms with van der Waals surface area (Å²) in [6.45, 7) is 4.57. The molecule has 0 spiro atoms. The van der Waals surface area contributed by atoms with Gasteiger partial charge in [-0.05, 0) is 44.8 Å². The Morgan fingerprint density at radius 3 is 2.43 bits per heavy atom. The number of amides is 3. The number of thiazole rings is 1. The number of piperazine rings is 1. The van der Waals surface area contributed by atoms with E-state index < -0.39 is 0 Å². The zero-order valence-corrected chi connectivity index (χ0v) is 21.6. The van der Waals surface area contributed by atoms with Crippen LogP contribution in [0.2, 0.25) is 5.02 Å². The van der Waals surface area contributed by atoms with E-state index in [9.17, 15) is 14.4 Å². The Labute approximate surface area is 214 Å². The summed E-state index contributed by atoms with van der Waals surface area (Å²) in [5.41, 5.74) is 1.12. The van der Waals surface area contributed by atoms with E-state index in [4.69, 9.17) is 11.6 Å². The number of likely N-dealkylation sites (N-methyl/N-ethyl adjacent to an activating group) is 1. The molecular weight excluding hydrogens is 488 g/mol. The highest BCUT2D eigenvalue weighted by Crippen LogP contribution is 2.19. The number of aromatic nitrogens is 1. The predicted octanol–water partition coefficient (Wildman–Crippen LogP) is 1.90. The topological polar surface area (TPSA) is 89.1 Å². The minimum atomic E-state index is -0.272. The fourth-order valence-corrected chi connectivity index (χ4v) is 5.15. The van der Waals surface area contributed by atoms with Gasteiger partial charge in [0.25, 0.3) is 5.91 Å². The van der Waals surface area contributed by atoms with Crippen LogP contribution >= 0.6 is 22.9 Å². The summed E-state index contributed by atoms with van der Waals surface area (Å²) in [7, 11) is 4.11. The highest BCUT2D eigenvalue weighted by atomic mass is 35.5. The molecule has 1 unspecified atom stereocenters. The fourth-order valence-electron chi connectivity index (χ4n) is 4.32. The second-order valence-electron chi connectivity index (χ2n) is 9.18. The third-order valence-electron chi connectivity index (χ3n) is 6.54. The van der Waals surface area contributed by atoms with Gasteiger partial charge in [-0.1, -0.05) is 11.6 Å². The van der Waals surface area contributed by atoms with Crippen molar-refractivity contribution in [3.63, 3.8) is 0 Å². The van der Waals surface area contributed by atoms with Crippen molar-refractivity contribution in [3.05, 3.63) is 45.9 Å². The summed E-state index contributed by atoms with van der Waals surface area (Å²) >= 11 is 7.16. The molecule has 35 heavy (non-hydrogen) atoms. The molecular formula is C24H31ClN6O3S. The molecule has 11 heteroatoms. The molecule has 4 rings (SSSR count). The van der Waals surface area contributed by atoms with Crippen LogP contribution in [0.25, 0.3) is 0 Å². The molecule has 3 amide bonds. The molecule has 0 saturated carbocycles. The molecule has 1 N–H and O–H groups in total. The molecule has 1 atom stereocenters. The molecule has 2 aliphatic heterocycles. The van der Waals surface area contributed by atoms with E-state index in [2.05, 4.69) is 34.2 Å². The minimum absolute atomic E-state index is 0.00484. The lowest BCUT2D eigenvalue weighted by molar-refractivity contribution is -0.134. The number of nitrogens with one attached hydrogen (secondary N) is 1. The zero-order chi connectivity index (χ0) is 24.9. The first-order chi connectivity index (χ1) is 16.8. The smallest absolute Gasteiger partial charge is 0.257 e. The summed E-state index contributed by atoms with van der Waals surface area (Å²) in [4.78, 5) is 50.3. The highest BCUT2D eigenvalue weighted by Gasteiger charge is 2.29.